The molecule has 6 nitrogen and oxygen atoms in total. The van der Waals surface area contributed by atoms with Crippen molar-refractivity contribution < 1.29 is 4.74 Å². The first-order valence-corrected chi connectivity index (χ1v) is 5.94. The fourth-order valence-corrected chi connectivity index (χ4v) is 1.33. The fourth-order valence-electron chi connectivity index (χ4n) is 1.17. The number of hydrogen-bond donors (Lipinski definition) is 2. The number of rotatable bonds is 1. The van der Waals surface area contributed by atoms with Crippen molar-refractivity contribution in [1.29, 1.82) is 0 Å². The van der Waals surface area contributed by atoms with Crippen LogP contribution in [0.4, 0.5) is 0 Å². The molecule has 0 spiro atoms. The van der Waals surface area contributed by atoms with E-state index in [1.807, 2.05) is 6.92 Å². The van der Waals surface area contributed by atoms with E-state index in [4.69, 9.17) is 33.7 Å². The largest absolute Gasteiger partial charge is 0.374 e. The number of halogens is 2. The Balaban J connectivity index is 0.000000171. The van der Waals surface area contributed by atoms with Gasteiger partial charge in [0.15, 0.2) is 5.15 Å². The van der Waals surface area contributed by atoms with Crippen LogP contribution in [0, 0.1) is 0 Å². The van der Waals surface area contributed by atoms with Crippen LogP contribution in [0.3, 0.4) is 0 Å². The maximum absolute atomic E-state index is 5.60. The topological polar surface area (TPSA) is 86.0 Å². The van der Waals surface area contributed by atoms with Gasteiger partial charge in [-0.05, 0) is 12.1 Å². The molecule has 2 atom stereocenters. The lowest BCUT2D eigenvalue weighted by molar-refractivity contribution is 0.0162. The van der Waals surface area contributed by atoms with Crippen molar-refractivity contribution in [2.24, 2.45) is 5.73 Å². The molecule has 2 unspecified atom stereocenters. The average Bonchev–Trinajstić information content (AvgIpc) is 2.35. The molecule has 2 rings (SSSR count). The molecule has 0 aromatic carbocycles. The lowest BCUT2D eigenvalue weighted by Gasteiger charge is -2.26. The highest BCUT2D eigenvalue weighted by atomic mass is 35.5. The van der Waals surface area contributed by atoms with Crippen molar-refractivity contribution in [2.45, 2.75) is 19.1 Å². The summed E-state index contributed by atoms with van der Waals surface area (Å²) in [6.07, 6.45) is 1.55. The third kappa shape index (κ3) is 5.56. The minimum Gasteiger partial charge on any atom is -0.374 e. The monoisotopic (exact) mass is 279 g/mol. The van der Waals surface area contributed by atoms with Gasteiger partial charge >= 0.3 is 0 Å². The van der Waals surface area contributed by atoms with E-state index in [2.05, 4.69) is 20.7 Å². The van der Waals surface area contributed by atoms with Crippen molar-refractivity contribution in [1.82, 2.24) is 20.7 Å². The van der Waals surface area contributed by atoms with Gasteiger partial charge < -0.3 is 15.8 Å². The lowest BCUT2D eigenvalue weighted by Crippen LogP contribution is -2.47. The smallest absolute Gasteiger partial charge is 0.173 e. The number of nitrogens with two attached hydrogens (primary N) is 1. The molecule has 0 saturated carbocycles. The minimum absolute atomic E-state index is 0.151. The highest BCUT2D eigenvalue weighted by Crippen LogP contribution is 2.13. The Morgan fingerprint density at radius 3 is 2.71 bits per heavy atom. The van der Waals surface area contributed by atoms with Gasteiger partial charge in [0.05, 0.1) is 18.9 Å². The summed E-state index contributed by atoms with van der Waals surface area (Å²) in [5.41, 5.74) is 5.60. The predicted octanol–water partition coefficient (Wildman–Crippen LogP) is 0.500. The number of hydrogen-bond acceptors (Lipinski definition) is 6. The van der Waals surface area contributed by atoms with Crippen molar-refractivity contribution >= 4 is 23.2 Å². The van der Waals surface area contributed by atoms with Crippen LogP contribution in [-0.4, -0.2) is 47.3 Å². The van der Waals surface area contributed by atoms with Crippen molar-refractivity contribution in [3.8, 4) is 0 Å². The summed E-state index contributed by atoms with van der Waals surface area (Å²) in [6.45, 7) is 4.63. The van der Waals surface area contributed by atoms with E-state index >= 15 is 0 Å². The van der Waals surface area contributed by atoms with Crippen LogP contribution >= 0.6 is 23.2 Å². The molecule has 3 N–H and O–H groups in total. The van der Waals surface area contributed by atoms with Gasteiger partial charge in [0, 0.05) is 19.1 Å². The summed E-state index contributed by atoms with van der Waals surface area (Å²) >= 11 is 10.8. The van der Waals surface area contributed by atoms with Gasteiger partial charge in [-0.3, -0.25) is 0 Å². The average molecular weight is 280 g/mol. The summed E-state index contributed by atoms with van der Waals surface area (Å²) in [6, 6.07) is 0.151. The van der Waals surface area contributed by atoms with Gasteiger partial charge in [0.2, 0.25) is 0 Å². The van der Waals surface area contributed by atoms with Crippen LogP contribution in [0.1, 0.15) is 6.92 Å². The van der Waals surface area contributed by atoms with E-state index in [0.717, 1.165) is 19.7 Å². The van der Waals surface area contributed by atoms with E-state index in [-0.39, 0.29) is 17.3 Å². The molecule has 1 aliphatic heterocycles. The molecule has 0 aliphatic carbocycles. The third-order valence-corrected chi connectivity index (χ3v) is 2.75. The first kappa shape index (κ1) is 14.5. The number of nitrogens with zero attached hydrogens (tertiary/aromatic N) is 3. The number of nitrogens with one attached hydrogen (secondary N) is 1. The summed E-state index contributed by atoms with van der Waals surface area (Å²) in [7, 11) is 0. The highest BCUT2D eigenvalue weighted by molar-refractivity contribution is 6.40. The molecule has 8 heteroatoms. The lowest BCUT2D eigenvalue weighted by atomic mass is 10.2. The Morgan fingerprint density at radius 2 is 2.35 bits per heavy atom. The summed E-state index contributed by atoms with van der Waals surface area (Å²) in [5.74, 6) is 0. The Labute approximate surface area is 110 Å². The second kappa shape index (κ2) is 7.73. The highest BCUT2D eigenvalue weighted by Gasteiger charge is 2.16. The molecule has 17 heavy (non-hydrogen) atoms. The third-order valence-electron chi connectivity index (χ3n) is 2.10. The summed E-state index contributed by atoms with van der Waals surface area (Å²) in [4.78, 5) is 0. The molecule has 1 saturated heterocycles. The zero-order chi connectivity index (χ0) is 12.7. The first-order valence-electron chi connectivity index (χ1n) is 5.18. The second-order valence-corrected chi connectivity index (χ2v) is 4.31. The molecule has 1 aromatic heterocycles. The van der Waals surface area contributed by atoms with Crippen LogP contribution in [-0.2, 0) is 4.74 Å². The molecule has 1 aromatic rings. The fraction of sp³-hybridized carbons (Fsp3) is 0.667. The zero-order valence-corrected chi connectivity index (χ0v) is 10.9. The number of ether oxygens (including phenoxy) is 1. The normalized spacial score (nSPS) is 21.3. The molecule has 96 valence electrons. The zero-order valence-electron chi connectivity index (χ0n) is 9.44. The maximum atomic E-state index is 5.60. The van der Waals surface area contributed by atoms with E-state index in [9.17, 15) is 0 Å². The number of aromatic nitrogens is 3. The van der Waals surface area contributed by atoms with Gasteiger partial charge in [-0.1, -0.05) is 23.2 Å². The summed E-state index contributed by atoms with van der Waals surface area (Å²) < 4.78 is 5.35. The SMILES string of the molecule is CC(N)C1CNCCO1.Clc1cnnnc1Cl. The maximum Gasteiger partial charge on any atom is 0.173 e. The van der Waals surface area contributed by atoms with E-state index < -0.39 is 0 Å². The second-order valence-electron chi connectivity index (χ2n) is 3.55. The number of morpholine rings is 1. The van der Waals surface area contributed by atoms with Gasteiger partial charge in [-0.25, -0.2) is 0 Å². The van der Waals surface area contributed by atoms with Gasteiger partial charge in [0.1, 0.15) is 5.02 Å². The summed E-state index contributed by atoms with van der Waals surface area (Å²) in [5, 5.41) is 13.7. The van der Waals surface area contributed by atoms with Gasteiger partial charge in [-0.15, -0.1) is 10.2 Å². The van der Waals surface area contributed by atoms with Crippen LogP contribution < -0.4 is 11.1 Å². The van der Waals surface area contributed by atoms with Crippen LogP contribution in [0.15, 0.2) is 6.20 Å². The molecule has 0 amide bonds. The van der Waals surface area contributed by atoms with E-state index in [1.165, 1.54) is 6.20 Å². The van der Waals surface area contributed by atoms with Gasteiger partial charge in [-0.2, -0.15) is 0 Å². The molecule has 2 heterocycles. The van der Waals surface area contributed by atoms with E-state index in [0.29, 0.717) is 5.02 Å². The minimum atomic E-state index is 0.151. The van der Waals surface area contributed by atoms with Gasteiger partial charge in [0.25, 0.3) is 0 Å². The van der Waals surface area contributed by atoms with Crippen LogP contribution in [0.25, 0.3) is 0 Å². The Kier molecular flexibility index (Phi) is 6.61. The quantitative estimate of drug-likeness (QED) is 0.779. The molecule has 0 bridgehead atoms. The Morgan fingerprint density at radius 1 is 1.59 bits per heavy atom. The van der Waals surface area contributed by atoms with Crippen molar-refractivity contribution in [2.75, 3.05) is 19.7 Å². The molecular formula is C9H15Cl2N5O. The standard InChI is InChI=1S/C6H14N2O.C3HCl2N3/c1-5(7)6-4-8-2-3-9-6;4-2-1-6-8-7-3(2)5/h5-6,8H,2-4,7H2,1H3;1H. The Bertz CT molecular complexity index is 312. The predicted molar refractivity (Wildman–Crippen MR) is 66.1 cm³/mol. The van der Waals surface area contributed by atoms with Crippen LogP contribution in [0.5, 0.6) is 0 Å². The molecule has 1 aliphatic rings. The molecule has 0 radical (unpaired) electrons. The van der Waals surface area contributed by atoms with Crippen LogP contribution in [0.2, 0.25) is 10.2 Å². The Hall–Kier alpha value is -0.530. The molecule has 1 fully saturated rings. The first-order chi connectivity index (χ1) is 8.11. The van der Waals surface area contributed by atoms with Crippen molar-refractivity contribution in [3.05, 3.63) is 16.4 Å². The van der Waals surface area contributed by atoms with Crippen molar-refractivity contribution in [3.63, 3.8) is 0 Å². The van der Waals surface area contributed by atoms with E-state index in [1.54, 1.807) is 0 Å². The molecular weight excluding hydrogens is 265 g/mol.